The molecular weight excluding hydrogens is 727 g/mol. The molecule has 7 rings (SSSR count). The molecule has 3 aromatic carbocycles. The third-order valence-corrected chi connectivity index (χ3v) is 12.8. The number of nitrogens with one attached hydrogen (secondary N) is 2. The molecule has 10 nitrogen and oxygen atoms in total. The van der Waals surface area contributed by atoms with E-state index in [1.807, 2.05) is 87.1 Å². The summed E-state index contributed by atoms with van der Waals surface area (Å²) in [6.07, 6.45) is 2.01. The molecule has 3 aliphatic heterocycles. The summed E-state index contributed by atoms with van der Waals surface area (Å²) in [5.41, 5.74) is 2.93. The molecule has 1 unspecified atom stereocenters. The van der Waals surface area contributed by atoms with Crippen molar-refractivity contribution in [2.75, 3.05) is 23.9 Å². The number of fused-ring (bicyclic) bond motifs is 1. The first kappa shape index (κ1) is 36.8. The van der Waals surface area contributed by atoms with Crippen LogP contribution in [-0.4, -0.2) is 74.3 Å². The van der Waals surface area contributed by atoms with Crippen LogP contribution in [0.5, 0.6) is 0 Å². The van der Waals surface area contributed by atoms with Gasteiger partial charge in [0.25, 0.3) is 11.8 Å². The molecular formula is C40H41N5O5S3. The first-order valence-corrected chi connectivity index (χ1v) is 20.4. The van der Waals surface area contributed by atoms with Crippen molar-refractivity contribution in [3.05, 3.63) is 130 Å². The second-order valence-electron chi connectivity index (χ2n) is 13.9. The number of hydrogen-bond donors (Lipinski definition) is 2. The molecule has 2 amide bonds. The van der Waals surface area contributed by atoms with Crippen LogP contribution in [0.3, 0.4) is 0 Å². The molecule has 2 saturated heterocycles. The summed E-state index contributed by atoms with van der Waals surface area (Å²) in [6, 6.07) is 29.6. The number of anilines is 1. The van der Waals surface area contributed by atoms with Crippen LogP contribution in [0.15, 0.2) is 113 Å². The van der Waals surface area contributed by atoms with Crippen molar-refractivity contribution in [3.8, 4) is 0 Å². The summed E-state index contributed by atoms with van der Waals surface area (Å²) in [5.74, 6) is 0.0946. The van der Waals surface area contributed by atoms with Crippen LogP contribution < -0.4 is 10.6 Å². The molecule has 3 atom stereocenters. The van der Waals surface area contributed by atoms with E-state index in [2.05, 4.69) is 52.2 Å². The minimum absolute atomic E-state index is 0.0699. The Morgan fingerprint density at radius 2 is 1.51 bits per heavy atom. The van der Waals surface area contributed by atoms with Crippen LogP contribution in [0.1, 0.15) is 56.0 Å². The maximum atomic E-state index is 13.9. The number of rotatable bonds is 11. The number of aromatic nitrogens is 1. The van der Waals surface area contributed by atoms with Gasteiger partial charge >= 0.3 is 5.97 Å². The van der Waals surface area contributed by atoms with Crippen LogP contribution >= 0.6 is 34.9 Å². The maximum absolute atomic E-state index is 13.9. The molecule has 4 aromatic rings. The highest BCUT2D eigenvalue weighted by Crippen LogP contribution is 2.46. The quantitative estimate of drug-likeness (QED) is 0.0559. The second kappa shape index (κ2) is 15.4. The number of oxime groups is 1. The van der Waals surface area contributed by atoms with E-state index in [0.717, 1.165) is 40.9 Å². The first-order chi connectivity index (χ1) is 25.6. The van der Waals surface area contributed by atoms with Gasteiger partial charge in [-0.25, -0.2) is 9.78 Å². The van der Waals surface area contributed by atoms with Gasteiger partial charge in [-0.05, 0) is 61.6 Å². The third kappa shape index (κ3) is 7.34. The number of benzene rings is 3. The van der Waals surface area contributed by atoms with Gasteiger partial charge in [-0.15, -0.1) is 23.1 Å². The minimum Gasteiger partial charge on any atom is -0.455 e. The van der Waals surface area contributed by atoms with Gasteiger partial charge in [-0.2, -0.15) is 11.8 Å². The SMILES string of the molecule is CO/N=C(\C(=O)N[C@@H]1C(=O)N2C(C(=O)OC(C)(C)C)=C(C3CCCS3)CS[C@H]12)c1csc(NC(c2ccccc2)(c2ccccc2)c2ccccc2)n1. The first-order valence-electron chi connectivity index (χ1n) is 17.5. The molecule has 2 fully saturated rings. The summed E-state index contributed by atoms with van der Waals surface area (Å²) in [4.78, 5) is 52.8. The van der Waals surface area contributed by atoms with E-state index in [9.17, 15) is 14.4 Å². The molecule has 0 radical (unpaired) electrons. The lowest BCUT2D eigenvalue weighted by atomic mass is 9.77. The van der Waals surface area contributed by atoms with Crippen molar-refractivity contribution in [2.45, 2.75) is 61.4 Å². The fourth-order valence-electron chi connectivity index (χ4n) is 6.94. The third-order valence-electron chi connectivity index (χ3n) is 9.25. The van der Waals surface area contributed by atoms with Crippen LogP contribution in [-0.2, 0) is 29.5 Å². The zero-order chi connectivity index (χ0) is 37.2. The number of esters is 1. The predicted molar refractivity (Wildman–Crippen MR) is 212 cm³/mol. The number of amides is 2. The Bertz CT molecular complexity index is 1930. The van der Waals surface area contributed by atoms with Gasteiger partial charge in [0.15, 0.2) is 10.8 Å². The van der Waals surface area contributed by atoms with E-state index in [-0.39, 0.29) is 22.6 Å². The van der Waals surface area contributed by atoms with Gasteiger partial charge in [0.05, 0.1) is 0 Å². The number of ether oxygens (including phenoxy) is 1. The number of carbonyl (C=O) groups is 3. The van der Waals surface area contributed by atoms with E-state index in [1.54, 1.807) is 17.1 Å². The number of carbonyl (C=O) groups excluding carboxylic acids is 3. The van der Waals surface area contributed by atoms with Gasteiger partial charge in [0.1, 0.15) is 41.1 Å². The van der Waals surface area contributed by atoms with Gasteiger partial charge in [0.2, 0.25) is 0 Å². The molecule has 3 aliphatic rings. The maximum Gasteiger partial charge on any atom is 0.355 e. The van der Waals surface area contributed by atoms with Gasteiger partial charge in [0, 0.05) is 16.4 Å². The number of β-lactam (4-membered cyclic amide) rings is 1. The Morgan fingerprint density at radius 3 is 2.04 bits per heavy atom. The van der Waals surface area contributed by atoms with Crippen molar-refractivity contribution < 1.29 is 24.0 Å². The Morgan fingerprint density at radius 1 is 0.906 bits per heavy atom. The van der Waals surface area contributed by atoms with Crippen molar-refractivity contribution in [1.82, 2.24) is 15.2 Å². The molecule has 2 N–H and O–H groups in total. The lowest BCUT2D eigenvalue weighted by Gasteiger charge is -2.50. The predicted octanol–water partition coefficient (Wildman–Crippen LogP) is 6.79. The van der Waals surface area contributed by atoms with Crippen LogP contribution in [0.2, 0.25) is 0 Å². The van der Waals surface area contributed by atoms with Gasteiger partial charge < -0.3 is 20.2 Å². The standard InChI is InChI=1S/C40H41N5O5S3/c1-39(2,3)50-37(48)33-28(30-21-14-22-51-30)23-52-36-32(35(47)45(33)36)42-34(46)31(44-49-4)29-24-53-38(41-29)43-40(25-15-8-5-9-16-25,26-17-10-6-11-18-26)27-19-12-7-13-20-27/h5-13,15-20,24,30,32,36H,14,21-23H2,1-4H3,(H,41,43)(H,42,46)/b44-31-/t30?,32-,36-/m1/s1. The molecule has 0 saturated carbocycles. The lowest BCUT2D eigenvalue weighted by molar-refractivity contribution is -0.158. The average Bonchev–Trinajstić information content (AvgIpc) is 3.88. The Labute approximate surface area is 321 Å². The largest absolute Gasteiger partial charge is 0.455 e. The Balaban J connectivity index is 1.15. The fraction of sp³-hybridized carbons (Fsp3) is 0.325. The summed E-state index contributed by atoms with van der Waals surface area (Å²) in [7, 11) is 1.36. The highest BCUT2D eigenvalue weighted by Gasteiger charge is 2.55. The van der Waals surface area contributed by atoms with E-state index in [1.165, 1.54) is 23.3 Å². The van der Waals surface area contributed by atoms with Crippen molar-refractivity contribution in [1.29, 1.82) is 0 Å². The molecule has 53 heavy (non-hydrogen) atoms. The second-order valence-corrected chi connectivity index (χ2v) is 17.1. The Hall–Kier alpha value is -4.59. The monoisotopic (exact) mass is 767 g/mol. The summed E-state index contributed by atoms with van der Waals surface area (Å²) < 4.78 is 5.79. The summed E-state index contributed by atoms with van der Waals surface area (Å²) >= 11 is 4.68. The highest BCUT2D eigenvalue weighted by atomic mass is 32.2. The molecule has 274 valence electrons. The van der Waals surface area contributed by atoms with E-state index in [0.29, 0.717) is 16.6 Å². The number of nitrogens with zero attached hydrogens (tertiary/aromatic N) is 3. The van der Waals surface area contributed by atoms with Crippen molar-refractivity contribution in [2.24, 2.45) is 5.16 Å². The van der Waals surface area contributed by atoms with E-state index < -0.39 is 34.4 Å². The zero-order valence-electron chi connectivity index (χ0n) is 29.9. The van der Waals surface area contributed by atoms with E-state index >= 15 is 0 Å². The topological polar surface area (TPSA) is 122 Å². The fourth-order valence-corrected chi connectivity index (χ4v) is 10.6. The minimum atomic E-state index is -0.872. The number of thiazole rings is 1. The number of hydrogen-bond acceptors (Lipinski definition) is 11. The van der Waals surface area contributed by atoms with Gasteiger partial charge in [-0.3, -0.25) is 14.5 Å². The molecule has 0 aliphatic carbocycles. The number of thioether (sulfide) groups is 2. The molecule has 13 heteroatoms. The molecule has 4 heterocycles. The Kier molecular flexibility index (Phi) is 10.7. The summed E-state index contributed by atoms with van der Waals surface area (Å²) in [5, 5.41) is 12.7. The lowest BCUT2D eigenvalue weighted by Crippen LogP contribution is -2.71. The highest BCUT2D eigenvalue weighted by molar-refractivity contribution is 8.01. The van der Waals surface area contributed by atoms with Crippen LogP contribution in [0.4, 0.5) is 5.13 Å². The van der Waals surface area contributed by atoms with Crippen molar-refractivity contribution >= 4 is 63.5 Å². The van der Waals surface area contributed by atoms with E-state index in [4.69, 9.17) is 14.6 Å². The molecule has 0 bridgehead atoms. The molecule has 1 aromatic heterocycles. The zero-order valence-corrected chi connectivity index (χ0v) is 32.4. The average molecular weight is 768 g/mol. The van der Waals surface area contributed by atoms with Crippen LogP contribution in [0, 0.1) is 0 Å². The summed E-state index contributed by atoms with van der Waals surface area (Å²) in [6.45, 7) is 5.44. The van der Waals surface area contributed by atoms with Crippen LogP contribution in [0.25, 0.3) is 0 Å². The van der Waals surface area contributed by atoms with Gasteiger partial charge in [-0.1, -0.05) is 96.2 Å². The molecule has 0 spiro atoms. The van der Waals surface area contributed by atoms with Crippen molar-refractivity contribution in [3.63, 3.8) is 0 Å². The smallest absolute Gasteiger partial charge is 0.355 e. The normalized spacial score (nSPS) is 20.4.